The van der Waals surface area contributed by atoms with Gasteiger partial charge in [0.2, 0.25) is 0 Å². The van der Waals surface area contributed by atoms with Gasteiger partial charge < -0.3 is 10.4 Å². The van der Waals surface area contributed by atoms with Crippen molar-refractivity contribution in [1.29, 1.82) is 0 Å². The van der Waals surface area contributed by atoms with Gasteiger partial charge in [-0.05, 0) is 37.1 Å². The average Bonchev–Trinajstić information content (AvgIpc) is 2.30. The molecular weight excluding hydrogens is 224 g/mol. The number of nitrogens with one attached hydrogen (secondary N) is 1. The van der Waals surface area contributed by atoms with E-state index < -0.39 is 0 Å². The minimum absolute atomic E-state index is 0.348. The predicted octanol–water partition coefficient (Wildman–Crippen LogP) is 2.53. The largest absolute Gasteiger partial charge is 0.508 e. The molecule has 0 radical (unpaired) electrons. The van der Waals surface area contributed by atoms with Gasteiger partial charge in [-0.25, -0.2) is 0 Å². The van der Waals surface area contributed by atoms with E-state index in [2.05, 4.69) is 36.2 Å². The Kier molecular flexibility index (Phi) is 4.61. The molecule has 2 N–H and O–H groups in total. The Morgan fingerprint density at radius 3 is 2.39 bits per heavy atom. The number of hydrogen-bond donors (Lipinski definition) is 2. The van der Waals surface area contributed by atoms with E-state index in [1.54, 1.807) is 12.1 Å². The molecule has 0 amide bonds. The first-order valence-corrected chi connectivity index (χ1v) is 7.01. The molecule has 1 aliphatic heterocycles. The van der Waals surface area contributed by atoms with Gasteiger partial charge in [-0.15, -0.1) is 0 Å². The fourth-order valence-electron chi connectivity index (χ4n) is 2.72. The monoisotopic (exact) mass is 248 g/mol. The Morgan fingerprint density at radius 1 is 1.28 bits per heavy atom. The first-order chi connectivity index (χ1) is 8.76. The maximum absolute atomic E-state index is 9.40. The summed E-state index contributed by atoms with van der Waals surface area (Å²) >= 11 is 0. The zero-order chi connectivity index (χ0) is 13.0. The van der Waals surface area contributed by atoms with E-state index in [1.165, 1.54) is 12.0 Å². The van der Waals surface area contributed by atoms with Gasteiger partial charge in [0.25, 0.3) is 0 Å². The van der Waals surface area contributed by atoms with Gasteiger partial charge in [0, 0.05) is 25.2 Å². The van der Waals surface area contributed by atoms with Gasteiger partial charge in [-0.1, -0.05) is 26.0 Å². The standard InChI is InChI=1S/C15H24N2O/c1-3-9-17(13-10-16-11-13)15(4-2)12-5-7-14(18)8-6-12/h5-8,13,15-16,18H,3-4,9-11H2,1-2H3. The van der Waals surface area contributed by atoms with E-state index in [0.717, 1.165) is 26.1 Å². The summed E-state index contributed by atoms with van der Waals surface area (Å²) in [5.41, 5.74) is 1.32. The SMILES string of the molecule is CCCN(C1CNC1)C(CC)c1ccc(O)cc1. The van der Waals surface area contributed by atoms with Crippen LogP contribution in [0.5, 0.6) is 5.75 Å². The third-order valence-electron chi connectivity index (χ3n) is 3.78. The first-order valence-electron chi connectivity index (χ1n) is 7.01. The molecule has 3 heteroatoms. The highest BCUT2D eigenvalue weighted by Gasteiger charge is 2.29. The molecule has 1 aromatic rings. The molecule has 0 aromatic heterocycles. The summed E-state index contributed by atoms with van der Waals surface area (Å²) in [6, 6.07) is 8.83. The van der Waals surface area contributed by atoms with E-state index in [4.69, 9.17) is 0 Å². The molecule has 0 bridgehead atoms. The zero-order valence-electron chi connectivity index (χ0n) is 11.4. The van der Waals surface area contributed by atoms with Crippen molar-refractivity contribution in [3.05, 3.63) is 29.8 Å². The first kappa shape index (κ1) is 13.4. The third kappa shape index (κ3) is 2.85. The van der Waals surface area contributed by atoms with Crippen LogP contribution in [-0.2, 0) is 0 Å². The molecule has 2 rings (SSSR count). The normalized spacial score (nSPS) is 17.7. The summed E-state index contributed by atoms with van der Waals surface area (Å²) in [6.45, 7) is 7.84. The van der Waals surface area contributed by atoms with Crippen molar-refractivity contribution in [2.24, 2.45) is 0 Å². The Morgan fingerprint density at radius 2 is 1.94 bits per heavy atom. The van der Waals surface area contributed by atoms with E-state index in [1.807, 2.05) is 0 Å². The molecule has 1 atom stereocenters. The van der Waals surface area contributed by atoms with Crippen LogP contribution >= 0.6 is 0 Å². The third-order valence-corrected chi connectivity index (χ3v) is 3.78. The van der Waals surface area contributed by atoms with Gasteiger partial charge in [-0.2, -0.15) is 0 Å². The smallest absolute Gasteiger partial charge is 0.115 e. The summed E-state index contributed by atoms with van der Waals surface area (Å²) in [5.74, 6) is 0.348. The van der Waals surface area contributed by atoms with Crippen LogP contribution in [0, 0.1) is 0 Å². The lowest BCUT2D eigenvalue weighted by atomic mass is 9.98. The Balaban J connectivity index is 2.15. The Hall–Kier alpha value is -1.06. The van der Waals surface area contributed by atoms with E-state index in [-0.39, 0.29) is 0 Å². The van der Waals surface area contributed by atoms with Crippen LogP contribution in [0.1, 0.15) is 38.3 Å². The Bertz CT molecular complexity index is 359. The number of aromatic hydroxyl groups is 1. The van der Waals surface area contributed by atoms with Crippen LogP contribution < -0.4 is 5.32 Å². The lowest BCUT2D eigenvalue weighted by Gasteiger charge is -2.43. The van der Waals surface area contributed by atoms with Gasteiger partial charge >= 0.3 is 0 Å². The minimum atomic E-state index is 0.348. The molecule has 1 aliphatic rings. The second-order valence-electron chi connectivity index (χ2n) is 5.07. The topological polar surface area (TPSA) is 35.5 Å². The lowest BCUT2D eigenvalue weighted by molar-refractivity contribution is 0.0915. The molecule has 1 heterocycles. The summed E-state index contributed by atoms with van der Waals surface area (Å²) in [4.78, 5) is 2.61. The molecule has 0 saturated carbocycles. The van der Waals surface area contributed by atoms with Gasteiger partial charge in [0.15, 0.2) is 0 Å². The number of phenolic OH excluding ortho intramolecular Hbond substituents is 1. The van der Waals surface area contributed by atoms with Crippen LogP contribution in [0.15, 0.2) is 24.3 Å². The molecular formula is C15H24N2O. The molecule has 1 saturated heterocycles. The van der Waals surface area contributed by atoms with Crippen LogP contribution in [0.3, 0.4) is 0 Å². The molecule has 1 unspecified atom stereocenters. The summed E-state index contributed by atoms with van der Waals surface area (Å²) in [6.07, 6.45) is 2.30. The van der Waals surface area contributed by atoms with Crippen molar-refractivity contribution in [3.8, 4) is 5.75 Å². The van der Waals surface area contributed by atoms with E-state index in [9.17, 15) is 5.11 Å². The lowest BCUT2D eigenvalue weighted by Crippen LogP contribution is -2.58. The Labute approximate surface area is 110 Å². The zero-order valence-corrected chi connectivity index (χ0v) is 11.4. The van der Waals surface area contributed by atoms with Gasteiger partial charge in [0.05, 0.1) is 0 Å². The van der Waals surface area contributed by atoms with Gasteiger partial charge in [-0.3, -0.25) is 4.90 Å². The summed E-state index contributed by atoms with van der Waals surface area (Å²) < 4.78 is 0. The summed E-state index contributed by atoms with van der Waals surface area (Å²) in [7, 11) is 0. The highest BCUT2D eigenvalue weighted by molar-refractivity contribution is 5.28. The number of rotatable bonds is 6. The van der Waals surface area contributed by atoms with Crippen LogP contribution in [0.2, 0.25) is 0 Å². The van der Waals surface area contributed by atoms with E-state index >= 15 is 0 Å². The molecule has 1 aromatic carbocycles. The van der Waals surface area contributed by atoms with Crippen molar-refractivity contribution in [3.63, 3.8) is 0 Å². The van der Waals surface area contributed by atoms with Crippen molar-refractivity contribution in [2.75, 3.05) is 19.6 Å². The number of benzene rings is 1. The van der Waals surface area contributed by atoms with Crippen molar-refractivity contribution < 1.29 is 5.11 Å². The fraction of sp³-hybridized carbons (Fsp3) is 0.600. The number of nitrogens with zero attached hydrogens (tertiary/aromatic N) is 1. The van der Waals surface area contributed by atoms with Crippen molar-refractivity contribution in [1.82, 2.24) is 10.2 Å². The second kappa shape index (κ2) is 6.21. The average molecular weight is 248 g/mol. The maximum Gasteiger partial charge on any atom is 0.115 e. The van der Waals surface area contributed by atoms with E-state index in [0.29, 0.717) is 17.8 Å². The number of hydrogen-bond acceptors (Lipinski definition) is 3. The molecule has 0 aliphatic carbocycles. The van der Waals surface area contributed by atoms with Crippen molar-refractivity contribution in [2.45, 2.75) is 38.8 Å². The van der Waals surface area contributed by atoms with Crippen molar-refractivity contribution >= 4 is 0 Å². The second-order valence-corrected chi connectivity index (χ2v) is 5.07. The molecule has 0 spiro atoms. The quantitative estimate of drug-likeness (QED) is 0.812. The minimum Gasteiger partial charge on any atom is -0.508 e. The number of phenols is 1. The highest BCUT2D eigenvalue weighted by atomic mass is 16.3. The van der Waals surface area contributed by atoms with Gasteiger partial charge in [0.1, 0.15) is 5.75 Å². The molecule has 3 nitrogen and oxygen atoms in total. The molecule has 1 fully saturated rings. The van der Waals surface area contributed by atoms with Crippen LogP contribution in [0.4, 0.5) is 0 Å². The molecule has 100 valence electrons. The summed E-state index contributed by atoms with van der Waals surface area (Å²) in [5, 5.41) is 12.8. The maximum atomic E-state index is 9.40. The predicted molar refractivity (Wildman–Crippen MR) is 74.8 cm³/mol. The van der Waals surface area contributed by atoms with Crippen LogP contribution in [0.25, 0.3) is 0 Å². The van der Waals surface area contributed by atoms with Crippen LogP contribution in [-0.4, -0.2) is 35.7 Å². The molecule has 18 heavy (non-hydrogen) atoms. The fourth-order valence-corrected chi connectivity index (χ4v) is 2.72. The highest BCUT2D eigenvalue weighted by Crippen LogP contribution is 2.28.